The van der Waals surface area contributed by atoms with E-state index in [0.29, 0.717) is 65.0 Å². The molecule has 0 aliphatic heterocycles. The van der Waals surface area contributed by atoms with Crippen LogP contribution < -0.4 is 95.6 Å². The molecule has 0 saturated heterocycles. The average molecular weight is 984 g/mol. The van der Waals surface area contributed by atoms with Crippen molar-refractivity contribution in [3.8, 4) is 34.1 Å². The molecule has 0 heterocycles. The molecule has 0 bridgehead atoms. The van der Waals surface area contributed by atoms with E-state index in [0.717, 1.165) is 37.8 Å². The summed E-state index contributed by atoms with van der Waals surface area (Å²) in [5, 5.41) is 38.0. The predicted molar refractivity (Wildman–Crippen MR) is 248 cm³/mol. The van der Waals surface area contributed by atoms with Crippen molar-refractivity contribution in [1.82, 2.24) is 0 Å². The number of unbranched alkanes of at least 4 members (excludes halogenated alkanes) is 2. The number of nitrogens with two attached hydrogens (primary N) is 3. The maximum Gasteiger partial charge on any atom is 1.00 e. The summed E-state index contributed by atoms with van der Waals surface area (Å²) in [5.41, 5.74) is 19.7. The molecule has 23 heteroatoms. The van der Waals surface area contributed by atoms with Gasteiger partial charge in [-0.2, -0.15) is 13.5 Å². The van der Waals surface area contributed by atoms with Gasteiger partial charge in [0.1, 0.15) is 55.0 Å². The topological polar surface area (TPSA) is 315 Å². The molecular weight excluding hydrogens is 937 g/mol. The average Bonchev–Trinajstić information content (AvgIpc) is 3.27. The van der Waals surface area contributed by atoms with Crippen LogP contribution in [0.3, 0.4) is 0 Å². The molecule has 6 aromatic carbocycles. The molecule has 0 aliphatic carbocycles. The van der Waals surface area contributed by atoms with Crippen molar-refractivity contribution in [2.24, 2.45) is 30.7 Å². The van der Waals surface area contributed by atoms with Crippen molar-refractivity contribution < 1.29 is 104 Å². The van der Waals surface area contributed by atoms with Crippen LogP contribution in [0.25, 0.3) is 21.9 Å². The molecule has 0 atom stereocenters. The number of fused-ring (bicyclic) bond motifs is 1. The van der Waals surface area contributed by atoms with Crippen molar-refractivity contribution >= 4 is 82.2 Å². The number of rotatable bonds is 20. The fourth-order valence-corrected chi connectivity index (χ4v) is 7.67. The van der Waals surface area contributed by atoms with Gasteiger partial charge in [0, 0.05) is 11.5 Å². The van der Waals surface area contributed by atoms with Crippen LogP contribution in [0.1, 0.15) is 52.9 Å². The Hall–Kier alpha value is -5.20. The molecule has 0 spiro atoms. The van der Waals surface area contributed by atoms with E-state index in [1.165, 1.54) is 12.1 Å². The zero-order valence-electron chi connectivity index (χ0n) is 38.2. The Kier molecular flexibility index (Phi) is 20.3. The molecule has 0 radical (unpaired) electrons. The van der Waals surface area contributed by atoms with Crippen molar-refractivity contribution in [2.45, 2.75) is 62.7 Å². The molecule has 6 rings (SSSR count). The molecule has 0 aliphatic rings. The zero-order valence-corrected chi connectivity index (χ0v) is 43.8. The predicted octanol–water partition coefficient (Wildman–Crippen LogP) is 4.88. The summed E-state index contributed by atoms with van der Waals surface area (Å²) in [6, 6.07) is 23.0. The minimum absolute atomic E-state index is 0. The van der Waals surface area contributed by atoms with Crippen LogP contribution in [0.2, 0.25) is 0 Å². The minimum atomic E-state index is -5.40. The summed E-state index contributed by atoms with van der Waals surface area (Å²) in [7, 11) is -10.5. The van der Waals surface area contributed by atoms with E-state index in [4.69, 9.17) is 31.4 Å². The molecule has 0 saturated carbocycles. The van der Waals surface area contributed by atoms with Crippen LogP contribution in [-0.2, 0) is 20.2 Å². The van der Waals surface area contributed by atoms with Crippen molar-refractivity contribution in [3.05, 3.63) is 91.0 Å². The quantitative estimate of drug-likeness (QED) is 0.0261. The number of hydrogen-bond acceptors (Lipinski definition) is 18. The number of ether oxygens (including phenoxy) is 3. The van der Waals surface area contributed by atoms with E-state index in [2.05, 4.69) is 30.7 Å². The van der Waals surface area contributed by atoms with Gasteiger partial charge in [-0.3, -0.25) is 4.55 Å². The monoisotopic (exact) mass is 983 g/mol. The molecule has 0 fully saturated rings. The van der Waals surface area contributed by atoms with E-state index >= 15 is 0 Å². The molecule has 68 heavy (non-hydrogen) atoms. The van der Waals surface area contributed by atoms with Gasteiger partial charge in [-0.05, 0) is 90.4 Å². The van der Waals surface area contributed by atoms with Gasteiger partial charge in [0.25, 0.3) is 10.1 Å². The summed E-state index contributed by atoms with van der Waals surface area (Å²) in [5.74, 6) is -0.0552. The maximum absolute atomic E-state index is 13.9. The fraction of sp³-hybridized carbons (Fsp3) is 0.244. The van der Waals surface area contributed by atoms with Gasteiger partial charge in [0.05, 0.1) is 53.2 Å². The fourth-order valence-electron chi connectivity index (χ4n) is 6.36. The van der Waals surface area contributed by atoms with E-state index in [-0.39, 0.29) is 82.8 Å². The first kappa shape index (κ1) is 55.4. The number of azo groups is 3. The third-order valence-corrected chi connectivity index (χ3v) is 11.5. The Balaban J connectivity index is 0.00000504. The van der Waals surface area contributed by atoms with Gasteiger partial charge in [-0.1, -0.05) is 69.7 Å². The van der Waals surface area contributed by atoms with Crippen molar-refractivity contribution in [3.63, 3.8) is 0 Å². The van der Waals surface area contributed by atoms with Crippen LogP contribution in [-0.4, -0.2) is 45.8 Å². The van der Waals surface area contributed by atoms with Crippen LogP contribution in [0.4, 0.5) is 51.2 Å². The zero-order chi connectivity index (χ0) is 47.6. The molecule has 346 valence electrons. The van der Waals surface area contributed by atoms with Gasteiger partial charge in [0.2, 0.25) is 0 Å². The van der Waals surface area contributed by atoms with Gasteiger partial charge in [0.15, 0.2) is 0 Å². The Morgan fingerprint density at radius 3 is 1.65 bits per heavy atom. The normalized spacial score (nSPS) is 11.8. The number of nitrogen functional groups attached to an aromatic ring is 3. The molecule has 0 amide bonds. The van der Waals surface area contributed by atoms with E-state index < -0.39 is 63.6 Å². The third-order valence-electron chi connectivity index (χ3n) is 9.77. The Bertz CT molecular complexity index is 3070. The van der Waals surface area contributed by atoms with Crippen molar-refractivity contribution in [1.29, 1.82) is 0 Å². The molecule has 19 nitrogen and oxygen atoms in total. The van der Waals surface area contributed by atoms with Crippen LogP contribution in [0, 0.1) is 0 Å². The van der Waals surface area contributed by atoms with E-state index in [1.54, 1.807) is 66.7 Å². The summed E-state index contributed by atoms with van der Waals surface area (Å²) in [4.78, 5) is -2.01. The Morgan fingerprint density at radius 1 is 0.574 bits per heavy atom. The number of benzene rings is 6. The first-order valence-corrected chi connectivity index (χ1v) is 23.6. The first-order chi connectivity index (χ1) is 31.5. The van der Waals surface area contributed by atoms with E-state index in [9.17, 15) is 31.0 Å². The SMILES string of the molecule is CCCCOc1cc(-c2ccc(N=Nc3c(S(=O)(=O)[O-])cc4cc(S(=O)(=O)O)c(N=Nc5ccccc5)c([O-])c4c3N)c(OCCCC)c2)ccc1N=Nc1cc(OCCC)c(N)cc1N.[Na+].[Na+]. The number of nitrogens with zero attached hydrogens (tertiary/aromatic N) is 6. The van der Waals surface area contributed by atoms with Crippen LogP contribution in [0.5, 0.6) is 23.0 Å². The smallest absolute Gasteiger partial charge is 0.870 e. The second kappa shape index (κ2) is 24.9. The molecule has 7 N–H and O–H groups in total. The van der Waals surface area contributed by atoms with Gasteiger partial charge in [-0.15, -0.1) is 25.6 Å². The molecule has 0 unspecified atom stereocenters. The van der Waals surface area contributed by atoms with Gasteiger partial charge >= 0.3 is 59.1 Å². The summed E-state index contributed by atoms with van der Waals surface area (Å²) >= 11 is 0. The Labute approximate surface area is 438 Å². The standard InChI is InChI=1S/C45H49N9O10S2.2Na/c1-4-7-19-63-37-21-27(14-16-33(37)50-52-35-26-36(62-18-6-3)32(47)25-31(35)46)28-15-17-34(38(22-28)64-20-8-5-2)51-53-43-39(65(56,57)58)23-29-24-40(66(59,60)61)44(45(55)41(29)42(43)48)54-49-30-12-10-9-11-13-30;;/h9-17,21-26,55H,4-8,18-20,46-48H2,1-3H3,(H,56,57,58)(H,59,60,61);;/q;2*+1/p-2. The van der Waals surface area contributed by atoms with E-state index in [1.807, 2.05) is 20.8 Å². The van der Waals surface area contributed by atoms with Crippen LogP contribution in [0.15, 0.2) is 131 Å². The molecular formula is C45H47N9Na2O10S2. The minimum Gasteiger partial charge on any atom is -0.870 e. The van der Waals surface area contributed by atoms with Gasteiger partial charge < -0.3 is 41.1 Å². The molecule has 0 aromatic heterocycles. The number of anilines is 3. The Morgan fingerprint density at radius 2 is 1.10 bits per heavy atom. The van der Waals surface area contributed by atoms with Gasteiger partial charge in [-0.25, -0.2) is 8.42 Å². The maximum atomic E-state index is 13.9. The summed E-state index contributed by atoms with van der Waals surface area (Å²) in [6.07, 6.45) is 3.90. The van der Waals surface area contributed by atoms with Crippen molar-refractivity contribution in [2.75, 3.05) is 37.0 Å². The second-order valence-electron chi connectivity index (χ2n) is 14.7. The summed E-state index contributed by atoms with van der Waals surface area (Å²) in [6.45, 7) is 7.12. The van der Waals surface area contributed by atoms with Crippen LogP contribution >= 0.6 is 0 Å². The summed E-state index contributed by atoms with van der Waals surface area (Å²) < 4.78 is 91.0. The largest absolute Gasteiger partial charge is 1.00 e. The molecule has 6 aromatic rings. The number of hydrogen-bond donors (Lipinski definition) is 4. The second-order valence-corrected chi connectivity index (χ2v) is 17.5. The first-order valence-electron chi connectivity index (χ1n) is 20.7. The third kappa shape index (κ3) is 13.7.